The zero-order chi connectivity index (χ0) is 18.4. The summed E-state index contributed by atoms with van der Waals surface area (Å²) in [5.74, 6) is -0.562. The SMILES string of the molecule is C[C@@H](OC(=O)Cc1ccc2ccccc2c1)C(=O)NC1CCCCCC1. The Morgan fingerprint density at radius 3 is 2.46 bits per heavy atom. The molecular formula is C22H27NO3. The van der Waals surface area contributed by atoms with Crippen molar-refractivity contribution in [1.29, 1.82) is 0 Å². The van der Waals surface area contributed by atoms with Crippen LogP contribution in [-0.4, -0.2) is 24.0 Å². The van der Waals surface area contributed by atoms with Crippen LogP contribution in [0.2, 0.25) is 0 Å². The second kappa shape index (κ2) is 8.84. The summed E-state index contributed by atoms with van der Waals surface area (Å²) in [6.45, 7) is 1.64. The topological polar surface area (TPSA) is 55.4 Å². The van der Waals surface area contributed by atoms with Gasteiger partial charge in [0.25, 0.3) is 5.91 Å². The maximum absolute atomic E-state index is 12.3. The normalized spacial score (nSPS) is 16.7. The van der Waals surface area contributed by atoms with E-state index in [1.165, 1.54) is 12.8 Å². The van der Waals surface area contributed by atoms with Crippen LogP contribution in [0, 0.1) is 0 Å². The van der Waals surface area contributed by atoms with Gasteiger partial charge in [-0.15, -0.1) is 0 Å². The molecule has 0 radical (unpaired) electrons. The van der Waals surface area contributed by atoms with E-state index in [-0.39, 0.29) is 24.3 Å². The van der Waals surface area contributed by atoms with Gasteiger partial charge in [0.2, 0.25) is 0 Å². The second-order valence-electron chi connectivity index (χ2n) is 7.19. The van der Waals surface area contributed by atoms with E-state index in [0.717, 1.165) is 42.0 Å². The lowest BCUT2D eigenvalue weighted by atomic mass is 10.1. The first-order valence-corrected chi connectivity index (χ1v) is 9.59. The van der Waals surface area contributed by atoms with Gasteiger partial charge in [0.1, 0.15) is 0 Å². The first kappa shape index (κ1) is 18.4. The summed E-state index contributed by atoms with van der Waals surface area (Å²) in [5.41, 5.74) is 0.894. The molecule has 1 N–H and O–H groups in total. The van der Waals surface area contributed by atoms with E-state index in [4.69, 9.17) is 4.74 Å². The van der Waals surface area contributed by atoms with E-state index < -0.39 is 6.10 Å². The molecule has 1 aliphatic rings. The Bertz CT molecular complexity index is 763. The molecule has 4 heteroatoms. The molecule has 0 aromatic heterocycles. The third kappa shape index (κ3) is 5.07. The van der Waals surface area contributed by atoms with Gasteiger partial charge < -0.3 is 10.1 Å². The minimum atomic E-state index is -0.758. The molecular weight excluding hydrogens is 326 g/mol. The van der Waals surface area contributed by atoms with Crippen molar-refractivity contribution in [1.82, 2.24) is 5.32 Å². The van der Waals surface area contributed by atoms with Crippen LogP contribution in [-0.2, 0) is 20.7 Å². The predicted molar refractivity (Wildman–Crippen MR) is 103 cm³/mol. The summed E-state index contributed by atoms with van der Waals surface area (Å²) in [7, 11) is 0. The molecule has 1 fully saturated rings. The number of nitrogens with one attached hydrogen (secondary N) is 1. The number of hydrogen-bond donors (Lipinski definition) is 1. The van der Waals surface area contributed by atoms with Crippen molar-refractivity contribution < 1.29 is 14.3 Å². The minimum absolute atomic E-state index is 0.173. The van der Waals surface area contributed by atoms with Crippen LogP contribution in [0.5, 0.6) is 0 Å². The molecule has 0 saturated heterocycles. The van der Waals surface area contributed by atoms with Crippen molar-refractivity contribution in [2.24, 2.45) is 0 Å². The fraction of sp³-hybridized carbons (Fsp3) is 0.455. The van der Waals surface area contributed by atoms with Crippen LogP contribution in [0.1, 0.15) is 51.0 Å². The molecule has 26 heavy (non-hydrogen) atoms. The number of hydrogen-bond acceptors (Lipinski definition) is 3. The first-order chi connectivity index (χ1) is 12.6. The highest BCUT2D eigenvalue weighted by molar-refractivity contribution is 5.86. The fourth-order valence-corrected chi connectivity index (χ4v) is 3.55. The quantitative estimate of drug-likeness (QED) is 0.649. The Morgan fingerprint density at radius 1 is 1.04 bits per heavy atom. The third-order valence-electron chi connectivity index (χ3n) is 5.04. The highest BCUT2D eigenvalue weighted by atomic mass is 16.5. The monoisotopic (exact) mass is 353 g/mol. The Hall–Kier alpha value is -2.36. The lowest BCUT2D eigenvalue weighted by Crippen LogP contribution is -2.42. The standard InChI is InChI=1S/C22H27NO3/c1-16(22(25)23-20-10-4-2-3-5-11-20)26-21(24)15-17-12-13-18-8-6-7-9-19(18)14-17/h6-9,12-14,16,20H,2-5,10-11,15H2,1H3,(H,23,25)/t16-/m1/s1. The van der Waals surface area contributed by atoms with E-state index in [2.05, 4.69) is 5.32 Å². The summed E-state index contributed by atoms with van der Waals surface area (Å²) < 4.78 is 5.35. The van der Waals surface area contributed by atoms with Crippen molar-refractivity contribution in [2.75, 3.05) is 0 Å². The van der Waals surface area contributed by atoms with Crippen molar-refractivity contribution in [3.05, 3.63) is 48.0 Å². The van der Waals surface area contributed by atoms with Gasteiger partial charge in [-0.05, 0) is 36.1 Å². The number of ether oxygens (including phenoxy) is 1. The van der Waals surface area contributed by atoms with Crippen LogP contribution in [0.25, 0.3) is 10.8 Å². The summed E-state index contributed by atoms with van der Waals surface area (Å²) in [6.07, 6.45) is 6.23. The molecule has 2 aromatic carbocycles. The summed E-state index contributed by atoms with van der Waals surface area (Å²) in [4.78, 5) is 24.5. The molecule has 1 atom stereocenters. The molecule has 1 aliphatic carbocycles. The minimum Gasteiger partial charge on any atom is -0.452 e. The van der Waals surface area contributed by atoms with Gasteiger partial charge in [0.05, 0.1) is 6.42 Å². The number of esters is 1. The molecule has 1 amide bonds. The molecule has 4 nitrogen and oxygen atoms in total. The van der Waals surface area contributed by atoms with Crippen LogP contribution in [0.15, 0.2) is 42.5 Å². The first-order valence-electron chi connectivity index (χ1n) is 9.59. The number of amides is 1. The Labute approximate surface area is 154 Å². The van der Waals surface area contributed by atoms with Gasteiger partial charge in [-0.1, -0.05) is 68.1 Å². The highest BCUT2D eigenvalue weighted by Gasteiger charge is 2.21. The van der Waals surface area contributed by atoms with Gasteiger partial charge in [0.15, 0.2) is 6.10 Å². The van der Waals surface area contributed by atoms with Gasteiger partial charge in [-0.25, -0.2) is 0 Å². The molecule has 0 unspecified atom stereocenters. The Balaban J connectivity index is 1.51. The number of rotatable bonds is 5. The molecule has 0 aliphatic heterocycles. The number of carbonyl (C=O) groups excluding carboxylic acids is 2. The van der Waals surface area contributed by atoms with E-state index >= 15 is 0 Å². The number of fused-ring (bicyclic) bond motifs is 1. The van der Waals surface area contributed by atoms with Crippen LogP contribution >= 0.6 is 0 Å². The largest absolute Gasteiger partial charge is 0.452 e. The fourth-order valence-electron chi connectivity index (χ4n) is 3.55. The number of benzene rings is 2. The molecule has 1 saturated carbocycles. The van der Waals surface area contributed by atoms with E-state index in [0.29, 0.717) is 0 Å². The van der Waals surface area contributed by atoms with Crippen LogP contribution < -0.4 is 5.32 Å². The van der Waals surface area contributed by atoms with Crippen molar-refractivity contribution in [3.63, 3.8) is 0 Å². The smallest absolute Gasteiger partial charge is 0.311 e. The Morgan fingerprint density at radius 2 is 1.73 bits per heavy atom. The van der Waals surface area contributed by atoms with Gasteiger partial charge in [-0.3, -0.25) is 9.59 Å². The average molecular weight is 353 g/mol. The van der Waals surface area contributed by atoms with E-state index in [9.17, 15) is 9.59 Å². The molecule has 0 bridgehead atoms. The Kier molecular flexibility index (Phi) is 6.26. The second-order valence-corrected chi connectivity index (χ2v) is 7.19. The van der Waals surface area contributed by atoms with Crippen LogP contribution in [0.4, 0.5) is 0 Å². The van der Waals surface area contributed by atoms with Gasteiger partial charge in [0, 0.05) is 6.04 Å². The van der Waals surface area contributed by atoms with E-state index in [1.54, 1.807) is 6.92 Å². The maximum atomic E-state index is 12.3. The predicted octanol–water partition coefficient (Wildman–Crippen LogP) is 4.15. The third-order valence-corrected chi connectivity index (χ3v) is 5.04. The van der Waals surface area contributed by atoms with Gasteiger partial charge >= 0.3 is 5.97 Å². The van der Waals surface area contributed by atoms with Crippen molar-refractivity contribution in [3.8, 4) is 0 Å². The maximum Gasteiger partial charge on any atom is 0.311 e. The molecule has 138 valence electrons. The summed E-state index contributed by atoms with van der Waals surface area (Å²) in [5, 5.41) is 5.27. The lowest BCUT2D eigenvalue weighted by Gasteiger charge is -2.19. The zero-order valence-corrected chi connectivity index (χ0v) is 15.4. The lowest BCUT2D eigenvalue weighted by molar-refractivity contribution is -0.154. The average Bonchev–Trinajstić information content (AvgIpc) is 2.90. The zero-order valence-electron chi connectivity index (χ0n) is 15.4. The summed E-state index contributed by atoms with van der Waals surface area (Å²) >= 11 is 0. The van der Waals surface area contributed by atoms with Crippen LogP contribution in [0.3, 0.4) is 0 Å². The molecule has 0 heterocycles. The highest BCUT2D eigenvalue weighted by Crippen LogP contribution is 2.18. The molecule has 0 spiro atoms. The van der Waals surface area contributed by atoms with Gasteiger partial charge in [-0.2, -0.15) is 0 Å². The van der Waals surface area contributed by atoms with Crippen molar-refractivity contribution in [2.45, 2.75) is 64.0 Å². The summed E-state index contributed by atoms with van der Waals surface area (Å²) in [6, 6.07) is 14.2. The van der Waals surface area contributed by atoms with E-state index in [1.807, 2.05) is 42.5 Å². The number of carbonyl (C=O) groups is 2. The van der Waals surface area contributed by atoms with Crippen molar-refractivity contribution >= 4 is 22.6 Å². The molecule has 2 aromatic rings. The molecule has 3 rings (SSSR count).